The summed E-state index contributed by atoms with van der Waals surface area (Å²) in [5.74, 6) is 1.16. The van der Waals surface area contributed by atoms with Gasteiger partial charge in [0.05, 0.1) is 18.7 Å². The molecule has 2 aliphatic heterocycles. The Morgan fingerprint density at radius 3 is 2.75 bits per heavy atom. The monoisotopic (exact) mass is 499 g/mol. The minimum atomic E-state index is -0.348. The summed E-state index contributed by atoms with van der Waals surface area (Å²) in [5, 5.41) is 5.34. The van der Waals surface area contributed by atoms with Gasteiger partial charge in [0.15, 0.2) is 16.6 Å². The van der Waals surface area contributed by atoms with Gasteiger partial charge in [-0.15, -0.1) is 0 Å². The maximum absolute atomic E-state index is 11.7. The van der Waals surface area contributed by atoms with Crippen LogP contribution in [0.5, 0.6) is 11.5 Å². The quantitative estimate of drug-likeness (QED) is 0.311. The van der Waals surface area contributed by atoms with Crippen molar-refractivity contribution in [1.29, 1.82) is 0 Å². The molecule has 0 amide bonds. The Kier molecular flexibility index (Phi) is 5.73. The predicted octanol–water partition coefficient (Wildman–Crippen LogP) is 4.71. The Bertz CT molecular complexity index is 1460. The van der Waals surface area contributed by atoms with Gasteiger partial charge in [0, 0.05) is 29.7 Å². The number of nitrogens with zero attached hydrogens (tertiary/aromatic N) is 1. The van der Waals surface area contributed by atoms with Gasteiger partial charge in [-0.05, 0) is 65.7 Å². The first kappa shape index (κ1) is 22.4. The molecular weight excluding hydrogens is 474 g/mol. The van der Waals surface area contributed by atoms with Crippen molar-refractivity contribution in [2.45, 2.75) is 19.0 Å². The average Bonchev–Trinajstić information content (AvgIpc) is 3.55. The van der Waals surface area contributed by atoms with Crippen LogP contribution in [-0.4, -0.2) is 41.4 Å². The van der Waals surface area contributed by atoms with Crippen LogP contribution in [0, 0.1) is 0 Å². The summed E-state index contributed by atoms with van der Waals surface area (Å²) in [4.78, 5) is 17.6. The van der Waals surface area contributed by atoms with E-state index >= 15 is 0 Å². The lowest BCUT2D eigenvalue weighted by Gasteiger charge is -2.38. The van der Waals surface area contributed by atoms with Crippen molar-refractivity contribution in [2.24, 2.45) is 0 Å². The summed E-state index contributed by atoms with van der Waals surface area (Å²) >= 11 is 5.92. The number of carbonyl (C=O) groups is 1. The number of carbonyl (C=O) groups excluding carboxylic acids is 1. The highest BCUT2D eigenvalue weighted by Crippen LogP contribution is 2.42. The van der Waals surface area contributed by atoms with Crippen molar-refractivity contribution in [3.05, 3.63) is 94.7 Å². The molecule has 1 unspecified atom stereocenters. The number of rotatable bonds is 4. The third kappa shape index (κ3) is 3.93. The zero-order chi connectivity index (χ0) is 24.6. The number of thiocarbonyl (C=S) groups is 1. The van der Waals surface area contributed by atoms with Crippen LogP contribution < -0.4 is 14.8 Å². The number of benzene rings is 3. The summed E-state index contributed by atoms with van der Waals surface area (Å²) in [6.45, 7) is 1.56. The Hall–Kier alpha value is -4.04. The van der Waals surface area contributed by atoms with Gasteiger partial charge < -0.3 is 29.4 Å². The highest BCUT2D eigenvalue weighted by molar-refractivity contribution is 7.80. The standard InChI is InChI=1S/C28H25N3O4S/c1-33-27(32)18-8-6-17(7-9-18)15-29-28(36)31-13-12-21-20-4-2-3-5-22(20)30-25(21)26(31)19-10-11-23-24(14-19)35-16-34-23/h2-11,14,26,30H,12-13,15-16H2,1H3,(H,29,36). The number of hydrogen-bond acceptors (Lipinski definition) is 5. The van der Waals surface area contributed by atoms with Gasteiger partial charge in [-0.2, -0.15) is 0 Å². The van der Waals surface area contributed by atoms with Gasteiger partial charge in [-0.1, -0.05) is 36.4 Å². The molecule has 36 heavy (non-hydrogen) atoms. The van der Waals surface area contributed by atoms with Gasteiger partial charge in [-0.3, -0.25) is 0 Å². The summed E-state index contributed by atoms with van der Waals surface area (Å²) in [7, 11) is 1.38. The second kappa shape index (κ2) is 9.20. The molecule has 3 aromatic carbocycles. The van der Waals surface area contributed by atoms with Gasteiger partial charge in [0.25, 0.3) is 0 Å². The van der Waals surface area contributed by atoms with Crippen molar-refractivity contribution < 1.29 is 19.0 Å². The second-order valence-electron chi connectivity index (χ2n) is 8.87. The van der Waals surface area contributed by atoms with E-state index in [0.29, 0.717) is 17.2 Å². The Morgan fingerprint density at radius 2 is 1.92 bits per heavy atom. The number of H-pyrrole nitrogens is 1. The molecule has 0 spiro atoms. The molecule has 2 aliphatic rings. The number of aromatic nitrogens is 1. The number of esters is 1. The minimum absolute atomic E-state index is 0.0997. The zero-order valence-corrected chi connectivity index (χ0v) is 20.6. The molecule has 0 saturated carbocycles. The van der Waals surface area contributed by atoms with E-state index in [1.807, 2.05) is 18.2 Å². The van der Waals surface area contributed by atoms with Gasteiger partial charge >= 0.3 is 5.97 Å². The van der Waals surface area contributed by atoms with E-state index in [-0.39, 0.29) is 18.8 Å². The molecule has 1 aromatic heterocycles. The van der Waals surface area contributed by atoms with Crippen LogP contribution >= 0.6 is 12.2 Å². The van der Waals surface area contributed by atoms with E-state index in [1.165, 1.54) is 18.1 Å². The maximum atomic E-state index is 11.7. The molecular formula is C28H25N3O4S. The molecule has 3 heterocycles. The number of nitrogens with one attached hydrogen (secondary N) is 2. The van der Waals surface area contributed by atoms with Crippen LogP contribution in [0.25, 0.3) is 10.9 Å². The summed E-state index contributed by atoms with van der Waals surface area (Å²) < 4.78 is 16.0. The molecule has 0 bridgehead atoms. The molecule has 0 aliphatic carbocycles. The molecule has 8 heteroatoms. The van der Waals surface area contributed by atoms with E-state index in [1.54, 1.807) is 12.1 Å². The number of ether oxygens (including phenoxy) is 3. The highest BCUT2D eigenvalue weighted by atomic mass is 32.1. The van der Waals surface area contributed by atoms with E-state index in [2.05, 4.69) is 51.6 Å². The average molecular weight is 500 g/mol. The lowest BCUT2D eigenvalue weighted by atomic mass is 9.92. The Balaban J connectivity index is 1.30. The van der Waals surface area contributed by atoms with Crippen LogP contribution in [0.15, 0.2) is 66.7 Å². The fourth-order valence-electron chi connectivity index (χ4n) is 5.05. The van der Waals surface area contributed by atoms with E-state index in [9.17, 15) is 4.79 Å². The maximum Gasteiger partial charge on any atom is 0.337 e. The number of fused-ring (bicyclic) bond motifs is 4. The fraction of sp³-hybridized carbons (Fsp3) is 0.214. The highest BCUT2D eigenvalue weighted by Gasteiger charge is 2.34. The first-order valence-corrected chi connectivity index (χ1v) is 12.2. The largest absolute Gasteiger partial charge is 0.465 e. The smallest absolute Gasteiger partial charge is 0.337 e. The number of para-hydroxylation sites is 1. The lowest BCUT2D eigenvalue weighted by Crippen LogP contribution is -2.45. The molecule has 7 nitrogen and oxygen atoms in total. The van der Waals surface area contributed by atoms with Gasteiger partial charge in [0.2, 0.25) is 6.79 Å². The van der Waals surface area contributed by atoms with Gasteiger partial charge in [-0.25, -0.2) is 4.79 Å². The molecule has 0 radical (unpaired) electrons. The Labute approximate surface area is 214 Å². The van der Waals surface area contributed by atoms with E-state index < -0.39 is 0 Å². The van der Waals surface area contributed by atoms with Crippen LogP contribution in [0.3, 0.4) is 0 Å². The molecule has 2 N–H and O–H groups in total. The van der Waals surface area contributed by atoms with Crippen molar-refractivity contribution in [2.75, 3.05) is 20.4 Å². The third-order valence-corrected chi connectivity index (χ3v) is 7.21. The van der Waals surface area contributed by atoms with Crippen LogP contribution in [-0.2, 0) is 17.7 Å². The van der Waals surface area contributed by atoms with Crippen LogP contribution in [0.1, 0.15) is 38.8 Å². The van der Waals surface area contributed by atoms with Gasteiger partial charge in [0.1, 0.15) is 0 Å². The van der Waals surface area contributed by atoms with Crippen LogP contribution in [0.2, 0.25) is 0 Å². The Morgan fingerprint density at radius 1 is 1.11 bits per heavy atom. The van der Waals surface area contributed by atoms with Crippen molar-refractivity contribution in [3.8, 4) is 11.5 Å². The molecule has 182 valence electrons. The first-order valence-electron chi connectivity index (χ1n) is 11.8. The third-order valence-electron chi connectivity index (χ3n) is 6.83. The fourth-order valence-corrected chi connectivity index (χ4v) is 5.31. The summed E-state index contributed by atoms with van der Waals surface area (Å²) in [5.41, 5.74) is 6.22. The molecule has 4 aromatic rings. The van der Waals surface area contributed by atoms with Crippen molar-refractivity contribution >= 4 is 34.2 Å². The van der Waals surface area contributed by atoms with E-state index in [0.717, 1.165) is 46.8 Å². The number of aromatic amines is 1. The zero-order valence-electron chi connectivity index (χ0n) is 19.7. The molecule has 0 saturated heterocycles. The SMILES string of the molecule is COC(=O)c1ccc(CNC(=S)N2CCc3c([nH]c4ccccc34)C2c2ccc3c(c2)OCO3)cc1. The van der Waals surface area contributed by atoms with Crippen molar-refractivity contribution in [1.82, 2.24) is 15.2 Å². The molecule has 0 fully saturated rings. The normalized spacial score (nSPS) is 16.0. The summed E-state index contributed by atoms with van der Waals surface area (Å²) in [6.07, 6.45) is 0.885. The summed E-state index contributed by atoms with van der Waals surface area (Å²) in [6, 6.07) is 21.8. The predicted molar refractivity (Wildman–Crippen MR) is 140 cm³/mol. The molecule has 6 rings (SSSR count). The lowest BCUT2D eigenvalue weighted by molar-refractivity contribution is 0.0600. The minimum Gasteiger partial charge on any atom is -0.465 e. The van der Waals surface area contributed by atoms with Crippen LogP contribution in [0.4, 0.5) is 0 Å². The number of methoxy groups -OCH3 is 1. The first-order chi connectivity index (χ1) is 17.6. The second-order valence-corrected chi connectivity index (χ2v) is 9.26. The molecule has 1 atom stereocenters. The van der Waals surface area contributed by atoms with E-state index in [4.69, 9.17) is 26.4 Å². The topological polar surface area (TPSA) is 75.8 Å². The number of hydrogen-bond donors (Lipinski definition) is 2. The van der Waals surface area contributed by atoms with Crippen molar-refractivity contribution in [3.63, 3.8) is 0 Å².